The molecule has 3 N–H and O–H groups in total. The Bertz CT molecular complexity index is 737. The highest BCUT2D eigenvalue weighted by Gasteiger charge is 2.28. The number of hydrogen-bond acceptors (Lipinski definition) is 6. The third-order valence-corrected chi connectivity index (χ3v) is 2.80. The molecule has 10 heteroatoms. The number of hydroxylamine groups is 1. The maximum atomic E-state index is 11.9. The third-order valence-electron chi connectivity index (χ3n) is 2.80. The fraction of sp³-hybridized carbons (Fsp3) is 0.182. The second-order valence-electron chi connectivity index (χ2n) is 4.20. The summed E-state index contributed by atoms with van der Waals surface area (Å²) in [5, 5.41) is 6.29. The van der Waals surface area contributed by atoms with Crippen LogP contribution in [0.3, 0.4) is 0 Å². The first-order valence-corrected chi connectivity index (χ1v) is 5.97. The second kappa shape index (κ2) is 5.17. The summed E-state index contributed by atoms with van der Waals surface area (Å²) < 4.78 is 1.35. The van der Waals surface area contributed by atoms with Gasteiger partial charge in [0, 0.05) is 18.6 Å². The summed E-state index contributed by atoms with van der Waals surface area (Å²) in [6.45, 7) is 0.00127. The van der Waals surface area contributed by atoms with Crippen molar-refractivity contribution < 1.29 is 14.4 Å². The van der Waals surface area contributed by atoms with Gasteiger partial charge in [0.2, 0.25) is 5.95 Å². The van der Waals surface area contributed by atoms with Crippen LogP contribution in [0.5, 0.6) is 0 Å². The van der Waals surface area contributed by atoms with Crippen molar-refractivity contribution in [1.82, 2.24) is 30.5 Å². The molecule has 0 aromatic carbocycles. The summed E-state index contributed by atoms with van der Waals surface area (Å²) >= 11 is 0. The molecule has 0 aliphatic carbocycles. The predicted octanol–water partition coefficient (Wildman–Crippen LogP) is -1.88. The summed E-state index contributed by atoms with van der Waals surface area (Å²) in [6.07, 6.45) is 4.25. The first-order chi connectivity index (χ1) is 10.1. The monoisotopic (exact) mass is 290 g/mol. The highest BCUT2D eigenvalue weighted by Crippen LogP contribution is 1.99. The zero-order valence-corrected chi connectivity index (χ0v) is 10.6. The minimum Gasteiger partial charge on any atom is -0.338 e. The Morgan fingerprint density at radius 2 is 2.33 bits per heavy atom. The molecule has 1 aliphatic rings. The second-order valence-corrected chi connectivity index (χ2v) is 4.20. The van der Waals surface area contributed by atoms with Gasteiger partial charge in [-0.3, -0.25) is 24.2 Å². The predicted molar refractivity (Wildman–Crippen MR) is 67.3 cm³/mol. The number of nitrogens with one attached hydrogen (secondary N) is 3. The number of aromatic nitrogens is 4. The number of nitrogens with zero attached hydrogens (tertiary/aromatic N) is 3. The number of carbonyl (C=O) groups excluding carboxylic acids is 2. The Balaban J connectivity index is 1.81. The van der Waals surface area contributed by atoms with Gasteiger partial charge in [-0.05, 0) is 6.07 Å². The van der Waals surface area contributed by atoms with Gasteiger partial charge in [-0.2, -0.15) is 5.10 Å². The number of hydrogen-bond donors (Lipinski definition) is 3. The van der Waals surface area contributed by atoms with Gasteiger partial charge in [0.05, 0.1) is 0 Å². The fourth-order valence-electron chi connectivity index (χ4n) is 1.74. The van der Waals surface area contributed by atoms with Crippen molar-refractivity contribution in [3.8, 4) is 5.95 Å². The molecule has 1 fully saturated rings. The van der Waals surface area contributed by atoms with E-state index in [1.165, 1.54) is 10.9 Å². The average Bonchev–Trinajstić information content (AvgIpc) is 3.11. The summed E-state index contributed by atoms with van der Waals surface area (Å²) in [7, 11) is 0. The zero-order valence-electron chi connectivity index (χ0n) is 10.6. The maximum absolute atomic E-state index is 11.9. The number of aromatic amines is 1. The van der Waals surface area contributed by atoms with E-state index >= 15 is 0 Å². The van der Waals surface area contributed by atoms with Gasteiger partial charge in [-0.25, -0.2) is 15.1 Å². The molecule has 1 aliphatic heterocycles. The van der Waals surface area contributed by atoms with Gasteiger partial charge in [0.25, 0.3) is 17.4 Å². The lowest BCUT2D eigenvalue weighted by Gasteiger charge is -2.08. The maximum Gasteiger partial charge on any atom is 0.268 e. The van der Waals surface area contributed by atoms with Crippen molar-refractivity contribution in [3.05, 3.63) is 40.6 Å². The van der Waals surface area contributed by atoms with Crippen LogP contribution in [0.25, 0.3) is 5.95 Å². The van der Waals surface area contributed by atoms with Crippen LogP contribution in [0, 0.1) is 0 Å². The Morgan fingerprint density at radius 1 is 1.48 bits per heavy atom. The molecule has 1 saturated heterocycles. The summed E-state index contributed by atoms with van der Waals surface area (Å²) in [6, 6.07) is 0.835. The molecule has 10 nitrogen and oxygen atoms in total. The van der Waals surface area contributed by atoms with E-state index in [0.29, 0.717) is 0 Å². The smallest absolute Gasteiger partial charge is 0.268 e. The quantitative estimate of drug-likeness (QED) is 0.606. The van der Waals surface area contributed by atoms with Crippen LogP contribution in [-0.4, -0.2) is 44.2 Å². The number of H-pyrrole nitrogens is 1. The Labute approximate surface area is 117 Å². The van der Waals surface area contributed by atoms with Crippen LogP contribution in [-0.2, 0) is 9.63 Å². The molecule has 0 radical (unpaired) electrons. The van der Waals surface area contributed by atoms with Crippen LogP contribution in [0.2, 0.25) is 0 Å². The van der Waals surface area contributed by atoms with Crippen molar-refractivity contribution in [3.63, 3.8) is 0 Å². The van der Waals surface area contributed by atoms with Crippen molar-refractivity contribution in [1.29, 1.82) is 0 Å². The van der Waals surface area contributed by atoms with Crippen LogP contribution in [0.1, 0.15) is 10.4 Å². The lowest BCUT2D eigenvalue weighted by Crippen LogP contribution is -2.43. The van der Waals surface area contributed by atoms with Crippen LogP contribution in [0.4, 0.5) is 0 Å². The third kappa shape index (κ3) is 2.51. The molecule has 0 bridgehead atoms. The van der Waals surface area contributed by atoms with E-state index in [4.69, 9.17) is 0 Å². The molecular weight excluding hydrogens is 280 g/mol. The molecule has 2 aromatic heterocycles. The first kappa shape index (κ1) is 13.0. The van der Waals surface area contributed by atoms with Gasteiger partial charge in [-0.15, -0.1) is 0 Å². The molecule has 108 valence electrons. The van der Waals surface area contributed by atoms with Crippen LogP contribution < -0.4 is 16.4 Å². The highest BCUT2D eigenvalue weighted by molar-refractivity contribution is 5.97. The molecule has 3 heterocycles. The van der Waals surface area contributed by atoms with E-state index in [2.05, 4.69) is 30.7 Å². The van der Waals surface area contributed by atoms with Crippen molar-refractivity contribution in [2.45, 2.75) is 6.04 Å². The minimum atomic E-state index is -0.831. The zero-order chi connectivity index (χ0) is 14.8. The van der Waals surface area contributed by atoms with Crippen molar-refractivity contribution >= 4 is 11.8 Å². The topological polar surface area (TPSA) is 131 Å². The molecule has 1 atom stereocenters. The van der Waals surface area contributed by atoms with E-state index in [1.54, 1.807) is 12.3 Å². The van der Waals surface area contributed by atoms with Gasteiger partial charge in [0.15, 0.2) is 0 Å². The largest absolute Gasteiger partial charge is 0.338 e. The molecule has 2 aromatic rings. The summed E-state index contributed by atoms with van der Waals surface area (Å²) in [5.74, 6) is -0.995. The summed E-state index contributed by atoms with van der Waals surface area (Å²) in [4.78, 5) is 46.2. The van der Waals surface area contributed by atoms with E-state index in [1.807, 2.05) is 0 Å². The van der Waals surface area contributed by atoms with E-state index in [0.717, 1.165) is 6.20 Å². The van der Waals surface area contributed by atoms with Gasteiger partial charge < -0.3 is 5.32 Å². The number of carbonyl (C=O) groups is 2. The van der Waals surface area contributed by atoms with E-state index in [9.17, 15) is 14.4 Å². The summed E-state index contributed by atoms with van der Waals surface area (Å²) in [5.41, 5.74) is 1.27. The number of amides is 2. The highest BCUT2D eigenvalue weighted by atomic mass is 16.7. The first-order valence-electron chi connectivity index (χ1n) is 5.97. The normalized spacial score (nSPS) is 17.5. The van der Waals surface area contributed by atoms with E-state index in [-0.39, 0.29) is 18.1 Å². The minimum absolute atomic E-state index is 0.00127. The molecule has 21 heavy (non-hydrogen) atoms. The molecular formula is C11H10N6O4. The SMILES string of the molecule is O=C(N[C@@H]1CONC1=O)c1cnc(-n2cccn2)[nH]c1=O. The fourth-order valence-corrected chi connectivity index (χ4v) is 1.74. The molecule has 2 amide bonds. The average molecular weight is 290 g/mol. The van der Waals surface area contributed by atoms with E-state index < -0.39 is 23.4 Å². The van der Waals surface area contributed by atoms with Crippen LogP contribution in [0.15, 0.2) is 29.5 Å². The molecule has 0 saturated carbocycles. The molecule has 3 rings (SSSR count). The lowest BCUT2D eigenvalue weighted by atomic mass is 10.2. The van der Waals surface area contributed by atoms with Gasteiger partial charge in [-0.1, -0.05) is 0 Å². The lowest BCUT2D eigenvalue weighted by molar-refractivity contribution is -0.125. The standard InChI is InChI=1S/C11H10N6O4/c18-8(14-7-5-21-16-10(7)20)6-4-12-11(15-9(6)19)17-3-1-2-13-17/h1-4,7H,5H2,(H,14,18)(H,16,20)(H,12,15,19)/t7-/m1/s1. The van der Waals surface area contributed by atoms with Crippen molar-refractivity contribution in [2.75, 3.05) is 6.61 Å². The van der Waals surface area contributed by atoms with Gasteiger partial charge in [0.1, 0.15) is 18.2 Å². The Kier molecular flexibility index (Phi) is 3.20. The van der Waals surface area contributed by atoms with Gasteiger partial charge >= 0.3 is 0 Å². The number of rotatable bonds is 3. The Morgan fingerprint density at radius 3 is 2.95 bits per heavy atom. The Hall–Kier alpha value is -3.01. The van der Waals surface area contributed by atoms with Crippen LogP contribution >= 0.6 is 0 Å². The molecule has 0 spiro atoms. The van der Waals surface area contributed by atoms with Crippen molar-refractivity contribution in [2.24, 2.45) is 0 Å². The molecule has 0 unspecified atom stereocenters.